The van der Waals surface area contributed by atoms with Crippen LogP contribution in [0.5, 0.6) is 11.5 Å². The molecule has 0 aliphatic heterocycles. The van der Waals surface area contributed by atoms with Gasteiger partial charge in [-0.05, 0) is 24.3 Å². The van der Waals surface area contributed by atoms with Crippen molar-refractivity contribution in [2.24, 2.45) is 0 Å². The minimum absolute atomic E-state index is 0.596. The van der Waals surface area contributed by atoms with Gasteiger partial charge >= 0.3 is 0 Å². The Bertz CT molecular complexity index is 878. The van der Waals surface area contributed by atoms with E-state index in [2.05, 4.69) is 11.1 Å². The second kappa shape index (κ2) is 6.24. The van der Waals surface area contributed by atoms with Crippen molar-refractivity contribution in [3.05, 3.63) is 60.4 Å². The van der Waals surface area contributed by atoms with Crippen LogP contribution in [0.25, 0.3) is 17.1 Å². The molecule has 3 rings (SSSR count). The number of hydrogen-bond acceptors (Lipinski definition) is 4. The van der Waals surface area contributed by atoms with Crippen LogP contribution in [-0.2, 0) is 0 Å². The molecule has 0 aliphatic rings. The molecule has 0 N–H and O–H groups in total. The van der Waals surface area contributed by atoms with Crippen molar-refractivity contribution in [2.45, 2.75) is 0 Å². The number of nitrogens with zero attached hydrogens (tertiary/aromatic N) is 3. The Morgan fingerprint density at radius 1 is 1.09 bits per heavy atom. The highest BCUT2D eigenvalue weighted by Crippen LogP contribution is 2.31. The number of aromatic nitrogens is 2. The predicted octanol–water partition coefficient (Wildman–Crippen LogP) is 3.43. The third-order valence-electron chi connectivity index (χ3n) is 3.54. The standard InChI is InChI=1S/C18H15N3O2/c1-22-15-6-7-16(17(11-15)23-2)21-9-8-20-18(21)14-5-3-4-13(10-14)12-19/h3-11H,1-2H3. The van der Waals surface area contributed by atoms with Gasteiger partial charge < -0.3 is 9.47 Å². The van der Waals surface area contributed by atoms with Crippen LogP contribution in [0.2, 0.25) is 0 Å². The van der Waals surface area contributed by atoms with Gasteiger partial charge in [0, 0.05) is 24.0 Å². The molecule has 0 atom stereocenters. The quantitative estimate of drug-likeness (QED) is 0.741. The summed E-state index contributed by atoms with van der Waals surface area (Å²) in [6, 6.07) is 15.1. The zero-order valence-corrected chi connectivity index (χ0v) is 12.9. The molecule has 5 nitrogen and oxygen atoms in total. The fraction of sp³-hybridized carbons (Fsp3) is 0.111. The summed E-state index contributed by atoms with van der Waals surface area (Å²) < 4.78 is 12.6. The first-order chi connectivity index (χ1) is 11.3. The number of hydrogen-bond donors (Lipinski definition) is 0. The summed E-state index contributed by atoms with van der Waals surface area (Å²) in [5.41, 5.74) is 2.31. The molecular formula is C18H15N3O2. The third kappa shape index (κ3) is 2.74. The van der Waals surface area contributed by atoms with E-state index < -0.39 is 0 Å². The van der Waals surface area contributed by atoms with Crippen molar-refractivity contribution >= 4 is 0 Å². The molecule has 1 aromatic heterocycles. The first-order valence-corrected chi connectivity index (χ1v) is 7.03. The van der Waals surface area contributed by atoms with Gasteiger partial charge in [-0.3, -0.25) is 4.57 Å². The Kier molecular flexibility index (Phi) is 3.98. The van der Waals surface area contributed by atoms with Crippen LogP contribution in [0.3, 0.4) is 0 Å². The molecule has 0 fully saturated rings. The minimum Gasteiger partial charge on any atom is -0.497 e. The smallest absolute Gasteiger partial charge is 0.146 e. The van der Waals surface area contributed by atoms with E-state index in [1.54, 1.807) is 26.5 Å². The van der Waals surface area contributed by atoms with Gasteiger partial charge in [-0.25, -0.2) is 4.98 Å². The molecule has 0 saturated carbocycles. The molecule has 3 aromatic rings. The van der Waals surface area contributed by atoms with E-state index in [-0.39, 0.29) is 0 Å². The summed E-state index contributed by atoms with van der Waals surface area (Å²) in [6.45, 7) is 0. The van der Waals surface area contributed by atoms with E-state index in [9.17, 15) is 0 Å². The molecule has 0 aliphatic carbocycles. The van der Waals surface area contributed by atoms with Crippen LogP contribution < -0.4 is 9.47 Å². The zero-order chi connectivity index (χ0) is 16.2. The van der Waals surface area contributed by atoms with E-state index in [0.717, 1.165) is 22.8 Å². The van der Waals surface area contributed by atoms with Gasteiger partial charge in [-0.2, -0.15) is 5.26 Å². The van der Waals surface area contributed by atoms with Crippen molar-refractivity contribution in [1.29, 1.82) is 5.26 Å². The van der Waals surface area contributed by atoms with Crippen molar-refractivity contribution in [3.63, 3.8) is 0 Å². The van der Waals surface area contributed by atoms with E-state index >= 15 is 0 Å². The highest BCUT2D eigenvalue weighted by atomic mass is 16.5. The van der Waals surface area contributed by atoms with Gasteiger partial charge in [0.2, 0.25) is 0 Å². The number of benzene rings is 2. The van der Waals surface area contributed by atoms with Gasteiger partial charge in [-0.1, -0.05) is 12.1 Å². The summed E-state index contributed by atoms with van der Waals surface area (Å²) in [5.74, 6) is 2.14. The molecule has 0 radical (unpaired) electrons. The Morgan fingerprint density at radius 2 is 1.96 bits per heavy atom. The molecule has 2 aromatic carbocycles. The average Bonchev–Trinajstić information content (AvgIpc) is 3.10. The van der Waals surface area contributed by atoms with E-state index in [0.29, 0.717) is 11.3 Å². The lowest BCUT2D eigenvalue weighted by molar-refractivity contribution is 0.393. The Hall–Kier alpha value is -3.26. The largest absolute Gasteiger partial charge is 0.497 e. The van der Waals surface area contributed by atoms with E-state index in [4.69, 9.17) is 14.7 Å². The Morgan fingerprint density at radius 3 is 2.70 bits per heavy atom. The molecule has 0 unspecified atom stereocenters. The Balaban J connectivity index is 2.13. The molecule has 23 heavy (non-hydrogen) atoms. The van der Waals surface area contributed by atoms with Crippen LogP contribution in [0.4, 0.5) is 0 Å². The minimum atomic E-state index is 0.596. The Labute approximate surface area is 134 Å². The monoisotopic (exact) mass is 305 g/mol. The van der Waals surface area contributed by atoms with Gasteiger partial charge in [0.15, 0.2) is 0 Å². The number of methoxy groups -OCH3 is 2. The topological polar surface area (TPSA) is 60.1 Å². The molecule has 0 amide bonds. The lowest BCUT2D eigenvalue weighted by Gasteiger charge is -2.13. The first-order valence-electron chi connectivity index (χ1n) is 7.03. The molecular weight excluding hydrogens is 290 g/mol. The van der Waals surface area contributed by atoms with Crippen LogP contribution in [0.1, 0.15) is 5.56 Å². The molecule has 5 heteroatoms. The maximum absolute atomic E-state index is 9.07. The van der Waals surface area contributed by atoms with Gasteiger partial charge in [0.1, 0.15) is 17.3 Å². The van der Waals surface area contributed by atoms with E-state index in [1.807, 2.05) is 47.2 Å². The number of imidazole rings is 1. The summed E-state index contributed by atoms with van der Waals surface area (Å²) in [4.78, 5) is 4.42. The molecule has 0 spiro atoms. The molecule has 0 saturated heterocycles. The van der Waals surface area contributed by atoms with Crippen LogP contribution in [0.15, 0.2) is 54.9 Å². The van der Waals surface area contributed by atoms with Crippen molar-refractivity contribution in [1.82, 2.24) is 9.55 Å². The third-order valence-corrected chi connectivity index (χ3v) is 3.54. The molecule has 0 bridgehead atoms. The first kappa shape index (κ1) is 14.7. The predicted molar refractivity (Wildman–Crippen MR) is 86.8 cm³/mol. The number of nitriles is 1. The highest BCUT2D eigenvalue weighted by Gasteiger charge is 2.13. The van der Waals surface area contributed by atoms with Crippen molar-refractivity contribution in [2.75, 3.05) is 14.2 Å². The highest BCUT2D eigenvalue weighted by molar-refractivity contribution is 5.63. The van der Waals surface area contributed by atoms with E-state index in [1.165, 1.54) is 0 Å². The maximum Gasteiger partial charge on any atom is 0.146 e. The van der Waals surface area contributed by atoms with Crippen molar-refractivity contribution in [3.8, 4) is 34.6 Å². The fourth-order valence-electron chi connectivity index (χ4n) is 2.42. The summed E-state index contributed by atoms with van der Waals surface area (Å²) >= 11 is 0. The van der Waals surface area contributed by atoms with Gasteiger partial charge in [0.05, 0.1) is 31.5 Å². The second-order valence-corrected chi connectivity index (χ2v) is 4.85. The number of rotatable bonds is 4. The second-order valence-electron chi connectivity index (χ2n) is 4.85. The summed E-state index contributed by atoms with van der Waals surface area (Å²) in [7, 11) is 3.23. The maximum atomic E-state index is 9.07. The van der Waals surface area contributed by atoms with Gasteiger partial charge in [0.25, 0.3) is 0 Å². The normalized spacial score (nSPS) is 10.1. The lowest BCUT2D eigenvalue weighted by Crippen LogP contribution is -2.00. The summed E-state index contributed by atoms with van der Waals surface area (Å²) in [6.07, 6.45) is 3.58. The van der Waals surface area contributed by atoms with Gasteiger partial charge in [-0.15, -0.1) is 0 Å². The van der Waals surface area contributed by atoms with Crippen molar-refractivity contribution < 1.29 is 9.47 Å². The zero-order valence-electron chi connectivity index (χ0n) is 12.9. The van der Waals surface area contributed by atoms with Crippen LogP contribution in [0, 0.1) is 11.3 Å². The lowest BCUT2D eigenvalue weighted by atomic mass is 10.1. The molecule has 1 heterocycles. The number of ether oxygens (including phenoxy) is 2. The molecule has 114 valence electrons. The van der Waals surface area contributed by atoms with Crippen LogP contribution in [-0.4, -0.2) is 23.8 Å². The fourth-order valence-corrected chi connectivity index (χ4v) is 2.42. The van der Waals surface area contributed by atoms with Crippen LogP contribution >= 0.6 is 0 Å². The average molecular weight is 305 g/mol. The summed E-state index contributed by atoms with van der Waals surface area (Å²) in [5, 5.41) is 9.07. The SMILES string of the molecule is COc1ccc(-n2ccnc2-c2cccc(C#N)c2)c(OC)c1.